The predicted molar refractivity (Wildman–Crippen MR) is 66.7 cm³/mol. The van der Waals surface area contributed by atoms with Gasteiger partial charge in [0.1, 0.15) is 16.7 Å². The molecule has 0 aliphatic carbocycles. The van der Waals surface area contributed by atoms with Gasteiger partial charge in [0.15, 0.2) is 0 Å². The van der Waals surface area contributed by atoms with Crippen molar-refractivity contribution < 1.29 is 4.39 Å². The molecule has 1 N–H and O–H groups in total. The zero-order chi connectivity index (χ0) is 12.1. The first-order valence-corrected chi connectivity index (χ1v) is 6.09. The minimum absolute atomic E-state index is 0.234. The molecule has 0 radical (unpaired) electrons. The van der Waals surface area contributed by atoms with Crippen molar-refractivity contribution in [2.75, 3.05) is 11.9 Å². The van der Waals surface area contributed by atoms with Crippen molar-refractivity contribution in [2.45, 2.75) is 16.8 Å². The average Bonchev–Trinajstić information content (AvgIpc) is 2.33. The molecule has 1 aromatic heterocycles. The van der Waals surface area contributed by atoms with Gasteiger partial charge in [0.25, 0.3) is 0 Å². The van der Waals surface area contributed by atoms with E-state index >= 15 is 0 Å². The van der Waals surface area contributed by atoms with Crippen LogP contribution < -0.4 is 5.32 Å². The highest BCUT2D eigenvalue weighted by Crippen LogP contribution is 2.26. The number of nitrogens with zero attached hydrogens (tertiary/aromatic N) is 2. The van der Waals surface area contributed by atoms with Crippen LogP contribution >= 0.6 is 11.8 Å². The van der Waals surface area contributed by atoms with Gasteiger partial charge in [-0.05, 0) is 31.2 Å². The van der Waals surface area contributed by atoms with Crippen LogP contribution in [0.15, 0.2) is 46.6 Å². The first-order chi connectivity index (χ1) is 8.28. The molecule has 0 saturated heterocycles. The fraction of sp³-hybridized carbons (Fsp3) is 0.167. The highest BCUT2D eigenvalue weighted by Gasteiger charge is 2.01. The Labute approximate surface area is 103 Å². The van der Waals surface area contributed by atoms with Crippen LogP contribution in [-0.2, 0) is 0 Å². The molecule has 2 rings (SSSR count). The van der Waals surface area contributed by atoms with Crippen molar-refractivity contribution >= 4 is 17.6 Å². The topological polar surface area (TPSA) is 37.8 Å². The van der Waals surface area contributed by atoms with Crippen molar-refractivity contribution in [3.8, 4) is 0 Å². The van der Waals surface area contributed by atoms with E-state index in [0.29, 0.717) is 0 Å². The summed E-state index contributed by atoms with van der Waals surface area (Å²) < 4.78 is 12.7. The Morgan fingerprint density at radius 3 is 2.71 bits per heavy atom. The number of benzene rings is 1. The van der Waals surface area contributed by atoms with Crippen LogP contribution in [0.25, 0.3) is 0 Å². The Morgan fingerprint density at radius 1 is 1.24 bits per heavy atom. The van der Waals surface area contributed by atoms with Crippen LogP contribution in [0.4, 0.5) is 10.2 Å². The van der Waals surface area contributed by atoms with Crippen LogP contribution in [-0.4, -0.2) is 16.5 Å². The van der Waals surface area contributed by atoms with Crippen LogP contribution in [0.2, 0.25) is 0 Å². The molecule has 0 aliphatic rings. The normalized spacial score (nSPS) is 10.2. The van der Waals surface area contributed by atoms with E-state index in [4.69, 9.17) is 0 Å². The minimum atomic E-state index is -0.234. The predicted octanol–water partition coefficient (Wildman–Crippen LogP) is 3.20. The summed E-state index contributed by atoms with van der Waals surface area (Å²) in [6.45, 7) is 2.81. The van der Waals surface area contributed by atoms with E-state index in [0.717, 1.165) is 22.3 Å². The molecule has 88 valence electrons. The van der Waals surface area contributed by atoms with Crippen molar-refractivity contribution in [3.63, 3.8) is 0 Å². The molecule has 5 heteroatoms. The maximum atomic E-state index is 12.7. The van der Waals surface area contributed by atoms with E-state index in [2.05, 4.69) is 15.3 Å². The summed E-state index contributed by atoms with van der Waals surface area (Å²) in [6, 6.07) is 6.32. The Hall–Kier alpha value is -1.62. The molecule has 0 atom stereocenters. The summed E-state index contributed by atoms with van der Waals surface area (Å²) in [5.74, 6) is 0.515. The molecule has 0 amide bonds. The molecule has 0 aliphatic heterocycles. The van der Waals surface area contributed by atoms with Crippen LogP contribution in [0, 0.1) is 5.82 Å². The number of rotatable bonds is 4. The van der Waals surface area contributed by atoms with Gasteiger partial charge in [-0.1, -0.05) is 11.8 Å². The maximum Gasteiger partial charge on any atom is 0.145 e. The largest absolute Gasteiger partial charge is 0.369 e. The lowest BCUT2D eigenvalue weighted by molar-refractivity contribution is 0.626. The summed E-state index contributed by atoms with van der Waals surface area (Å²) >= 11 is 1.46. The first-order valence-electron chi connectivity index (χ1n) is 5.27. The van der Waals surface area contributed by atoms with Crippen molar-refractivity contribution in [1.29, 1.82) is 0 Å². The Balaban J connectivity index is 2.12. The zero-order valence-electron chi connectivity index (χ0n) is 9.35. The van der Waals surface area contributed by atoms with Gasteiger partial charge < -0.3 is 5.32 Å². The lowest BCUT2D eigenvalue weighted by Crippen LogP contribution is -2.00. The number of hydrogen-bond donors (Lipinski definition) is 1. The van der Waals surface area contributed by atoms with E-state index in [9.17, 15) is 4.39 Å². The van der Waals surface area contributed by atoms with Gasteiger partial charge in [0.05, 0.1) is 12.4 Å². The summed E-state index contributed by atoms with van der Waals surface area (Å²) in [7, 11) is 0. The molecule has 2 aromatic rings. The van der Waals surface area contributed by atoms with Gasteiger partial charge in [-0.2, -0.15) is 0 Å². The van der Waals surface area contributed by atoms with Crippen LogP contribution in [0.3, 0.4) is 0 Å². The fourth-order valence-corrected chi connectivity index (χ4v) is 2.06. The zero-order valence-corrected chi connectivity index (χ0v) is 10.2. The van der Waals surface area contributed by atoms with Gasteiger partial charge in [0, 0.05) is 11.4 Å². The number of hydrogen-bond acceptors (Lipinski definition) is 4. The van der Waals surface area contributed by atoms with Gasteiger partial charge in [-0.25, -0.2) is 9.37 Å². The molecule has 0 spiro atoms. The monoisotopic (exact) mass is 249 g/mol. The molecule has 1 heterocycles. The number of aromatic nitrogens is 2. The first kappa shape index (κ1) is 11.9. The second-order valence-electron chi connectivity index (χ2n) is 3.33. The summed E-state index contributed by atoms with van der Waals surface area (Å²) in [5, 5.41) is 3.88. The summed E-state index contributed by atoms with van der Waals surface area (Å²) in [4.78, 5) is 9.41. The van der Waals surface area contributed by atoms with E-state index in [1.807, 2.05) is 6.92 Å². The van der Waals surface area contributed by atoms with Crippen LogP contribution in [0.1, 0.15) is 6.92 Å². The maximum absolute atomic E-state index is 12.7. The van der Waals surface area contributed by atoms with Crippen molar-refractivity contribution in [2.24, 2.45) is 0 Å². The number of anilines is 1. The number of halogens is 1. The standard InChI is InChI=1S/C12H12FN3S/c1-2-15-11-7-14-8-12(16-11)17-10-5-3-9(13)4-6-10/h3-8H,2H2,1H3,(H,15,16). The Bertz CT molecular complexity index is 487. The van der Waals surface area contributed by atoms with E-state index in [-0.39, 0.29) is 5.82 Å². The van der Waals surface area contributed by atoms with Crippen LogP contribution in [0.5, 0.6) is 0 Å². The summed E-state index contributed by atoms with van der Waals surface area (Å²) in [6.07, 6.45) is 3.37. The molecular weight excluding hydrogens is 237 g/mol. The SMILES string of the molecule is CCNc1cncc(Sc2ccc(F)cc2)n1. The smallest absolute Gasteiger partial charge is 0.145 e. The molecule has 0 bridgehead atoms. The molecule has 17 heavy (non-hydrogen) atoms. The second kappa shape index (κ2) is 5.63. The third kappa shape index (κ3) is 3.42. The van der Waals surface area contributed by atoms with Crippen molar-refractivity contribution in [3.05, 3.63) is 42.5 Å². The Morgan fingerprint density at radius 2 is 2.00 bits per heavy atom. The minimum Gasteiger partial charge on any atom is -0.369 e. The number of nitrogens with one attached hydrogen (secondary N) is 1. The second-order valence-corrected chi connectivity index (χ2v) is 4.42. The molecule has 0 fully saturated rings. The highest BCUT2D eigenvalue weighted by molar-refractivity contribution is 7.99. The average molecular weight is 249 g/mol. The molecule has 0 unspecified atom stereocenters. The van der Waals surface area contributed by atoms with E-state index in [1.54, 1.807) is 24.5 Å². The third-order valence-electron chi connectivity index (χ3n) is 2.01. The van der Waals surface area contributed by atoms with Gasteiger partial charge >= 0.3 is 0 Å². The lowest BCUT2D eigenvalue weighted by atomic mass is 10.4. The molecule has 0 saturated carbocycles. The fourth-order valence-electron chi connectivity index (χ4n) is 1.29. The quantitative estimate of drug-likeness (QED) is 0.903. The molecular formula is C12H12FN3S. The lowest BCUT2D eigenvalue weighted by Gasteiger charge is -2.04. The van der Waals surface area contributed by atoms with Gasteiger partial charge in [0.2, 0.25) is 0 Å². The van der Waals surface area contributed by atoms with E-state index in [1.165, 1.54) is 23.9 Å². The third-order valence-corrected chi connectivity index (χ3v) is 2.92. The van der Waals surface area contributed by atoms with Gasteiger partial charge in [-0.3, -0.25) is 4.98 Å². The van der Waals surface area contributed by atoms with Crippen molar-refractivity contribution in [1.82, 2.24) is 9.97 Å². The summed E-state index contributed by atoms with van der Waals surface area (Å²) in [5.41, 5.74) is 0. The highest BCUT2D eigenvalue weighted by atomic mass is 32.2. The van der Waals surface area contributed by atoms with Gasteiger partial charge in [-0.15, -0.1) is 0 Å². The van der Waals surface area contributed by atoms with E-state index < -0.39 is 0 Å². The molecule has 3 nitrogen and oxygen atoms in total. The molecule has 1 aromatic carbocycles. The Kier molecular flexibility index (Phi) is 3.93.